The quantitative estimate of drug-likeness (QED) is 0.383. The molecule has 2 aliphatic heterocycles. The number of benzene rings is 2. The van der Waals surface area contributed by atoms with Crippen LogP contribution in [0.15, 0.2) is 66.0 Å². The fraction of sp³-hybridized carbons (Fsp3) is 0.269. The molecule has 2 aromatic carbocycles. The van der Waals surface area contributed by atoms with Crippen LogP contribution in [0.3, 0.4) is 0 Å². The molecule has 1 fully saturated rings. The zero-order valence-electron chi connectivity index (χ0n) is 18.7. The molecule has 0 saturated carbocycles. The van der Waals surface area contributed by atoms with E-state index in [1.165, 1.54) is 11.1 Å². The fourth-order valence-electron chi connectivity index (χ4n) is 4.49. The van der Waals surface area contributed by atoms with Crippen LogP contribution >= 0.6 is 0 Å². The second-order valence-electron chi connectivity index (χ2n) is 8.72. The number of fused-ring (bicyclic) bond motifs is 2. The molecule has 172 valence electrons. The van der Waals surface area contributed by atoms with Crippen molar-refractivity contribution in [3.05, 3.63) is 77.7 Å². The van der Waals surface area contributed by atoms with Gasteiger partial charge in [0.05, 0.1) is 12.2 Å². The van der Waals surface area contributed by atoms with E-state index in [1.54, 1.807) is 6.20 Å². The minimum Gasteiger partial charge on any atom is -0.381 e. The predicted octanol–water partition coefficient (Wildman–Crippen LogP) is 3.83. The highest BCUT2D eigenvalue weighted by Crippen LogP contribution is 2.28. The SMILES string of the molecule is OC(NC1CCOCC1)c1ccc(Nc2nc(-c3ccc4c(c3)CN=C4)cn3ccnc23)cc1. The summed E-state index contributed by atoms with van der Waals surface area (Å²) in [6.45, 7) is 2.19. The molecule has 0 amide bonds. The minimum absolute atomic E-state index is 0.271. The van der Waals surface area contributed by atoms with Gasteiger partial charge in [0, 0.05) is 55.3 Å². The molecule has 0 radical (unpaired) electrons. The van der Waals surface area contributed by atoms with Gasteiger partial charge in [0.15, 0.2) is 11.5 Å². The van der Waals surface area contributed by atoms with E-state index in [0.29, 0.717) is 12.4 Å². The van der Waals surface area contributed by atoms with Gasteiger partial charge in [-0.3, -0.25) is 10.3 Å². The summed E-state index contributed by atoms with van der Waals surface area (Å²) in [5, 5.41) is 17.3. The van der Waals surface area contributed by atoms with Gasteiger partial charge in [-0.2, -0.15) is 0 Å². The topological polar surface area (TPSA) is 96.1 Å². The molecule has 2 aromatic heterocycles. The van der Waals surface area contributed by atoms with Crippen LogP contribution < -0.4 is 10.6 Å². The van der Waals surface area contributed by atoms with E-state index >= 15 is 0 Å². The normalized spacial score (nSPS) is 16.6. The number of aliphatic hydroxyl groups excluding tert-OH is 1. The standard InChI is InChI=1S/C26H26N6O2/c33-26(30-22-7-11-34-12-8-22)17-3-5-21(6-4-17)29-24-25-28-9-10-32(25)16-23(31-24)18-1-2-19-14-27-15-20(19)13-18/h1-6,9-10,13-14,16,22,26,30,33H,7-8,11-12,15H2,(H,29,31). The number of hydrogen-bond donors (Lipinski definition) is 3. The van der Waals surface area contributed by atoms with E-state index < -0.39 is 6.23 Å². The third-order valence-corrected chi connectivity index (χ3v) is 6.41. The van der Waals surface area contributed by atoms with Gasteiger partial charge in [-0.1, -0.05) is 24.3 Å². The van der Waals surface area contributed by atoms with Crippen molar-refractivity contribution in [1.29, 1.82) is 0 Å². The summed E-state index contributed by atoms with van der Waals surface area (Å²) in [5.41, 5.74) is 6.72. The van der Waals surface area contributed by atoms with Crippen LogP contribution in [0.2, 0.25) is 0 Å². The summed E-state index contributed by atoms with van der Waals surface area (Å²) >= 11 is 0. The van der Waals surface area contributed by atoms with Crippen molar-refractivity contribution in [3.63, 3.8) is 0 Å². The van der Waals surface area contributed by atoms with Crippen LogP contribution in [0.25, 0.3) is 16.9 Å². The number of aliphatic imine (C=N–C) groups is 1. The first-order chi connectivity index (χ1) is 16.7. The van der Waals surface area contributed by atoms with Crippen molar-refractivity contribution < 1.29 is 9.84 Å². The lowest BCUT2D eigenvalue weighted by atomic mass is 10.0. The van der Waals surface area contributed by atoms with Crippen LogP contribution in [0.1, 0.15) is 35.8 Å². The molecule has 1 atom stereocenters. The highest BCUT2D eigenvalue weighted by molar-refractivity contribution is 5.86. The van der Waals surface area contributed by atoms with Crippen molar-refractivity contribution in [1.82, 2.24) is 19.7 Å². The molecule has 1 unspecified atom stereocenters. The van der Waals surface area contributed by atoms with Gasteiger partial charge in [-0.25, -0.2) is 9.97 Å². The Hall–Kier alpha value is -3.59. The minimum atomic E-state index is -0.707. The van der Waals surface area contributed by atoms with Crippen LogP contribution in [0, 0.1) is 0 Å². The summed E-state index contributed by atoms with van der Waals surface area (Å²) in [6, 6.07) is 14.3. The van der Waals surface area contributed by atoms with Crippen molar-refractivity contribution in [2.75, 3.05) is 18.5 Å². The predicted molar refractivity (Wildman–Crippen MR) is 131 cm³/mol. The molecule has 0 aliphatic carbocycles. The number of anilines is 2. The first-order valence-corrected chi connectivity index (χ1v) is 11.6. The third kappa shape index (κ3) is 4.19. The molecule has 6 rings (SSSR count). The Morgan fingerprint density at radius 3 is 2.79 bits per heavy atom. The number of nitrogens with zero attached hydrogens (tertiary/aromatic N) is 4. The number of hydrogen-bond acceptors (Lipinski definition) is 7. The lowest BCUT2D eigenvalue weighted by molar-refractivity contribution is 0.0491. The smallest absolute Gasteiger partial charge is 0.180 e. The molecule has 8 heteroatoms. The molecule has 3 N–H and O–H groups in total. The zero-order valence-corrected chi connectivity index (χ0v) is 18.7. The lowest BCUT2D eigenvalue weighted by Gasteiger charge is -2.26. The summed E-state index contributed by atoms with van der Waals surface area (Å²) < 4.78 is 7.37. The van der Waals surface area contributed by atoms with Gasteiger partial charge in [0.1, 0.15) is 6.23 Å². The summed E-state index contributed by atoms with van der Waals surface area (Å²) in [4.78, 5) is 13.7. The van der Waals surface area contributed by atoms with E-state index in [0.717, 1.165) is 54.2 Å². The number of ether oxygens (including phenoxy) is 1. The Kier molecular flexibility index (Phi) is 5.54. The number of nitrogens with one attached hydrogen (secondary N) is 2. The Morgan fingerprint density at radius 2 is 1.94 bits per heavy atom. The number of aliphatic hydroxyl groups is 1. The lowest BCUT2D eigenvalue weighted by Crippen LogP contribution is -2.37. The first-order valence-electron chi connectivity index (χ1n) is 11.6. The van der Waals surface area contributed by atoms with E-state index in [9.17, 15) is 5.11 Å². The highest BCUT2D eigenvalue weighted by atomic mass is 16.5. The number of aromatic nitrogens is 3. The molecule has 2 aliphatic rings. The van der Waals surface area contributed by atoms with Crippen LogP contribution in [-0.4, -0.2) is 44.9 Å². The van der Waals surface area contributed by atoms with E-state index in [1.807, 2.05) is 47.3 Å². The fourth-order valence-corrected chi connectivity index (χ4v) is 4.49. The molecule has 0 bridgehead atoms. The maximum atomic E-state index is 10.6. The summed E-state index contributed by atoms with van der Waals surface area (Å²) in [5.74, 6) is 0.674. The third-order valence-electron chi connectivity index (χ3n) is 6.41. The Morgan fingerprint density at radius 1 is 1.09 bits per heavy atom. The maximum Gasteiger partial charge on any atom is 0.180 e. The van der Waals surface area contributed by atoms with Crippen molar-refractivity contribution >= 4 is 23.4 Å². The van der Waals surface area contributed by atoms with E-state index in [-0.39, 0.29) is 6.04 Å². The number of imidazole rings is 1. The van der Waals surface area contributed by atoms with Gasteiger partial charge in [-0.15, -0.1) is 0 Å². The largest absolute Gasteiger partial charge is 0.381 e. The first kappa shape index (κ1) is 21.0. The van der Waals surface area contributed by atoms with Crippen molar-refractivity contribution in [3.8, 4) is 11.3 Å². The Bertz CT molecular complexity index is 1340. The molecule has 4 aromatic rings. The summed E-state index contributed by atoms with van der Waals surface area (Å²) in [7, 11) is 0. The molecule has 0 spiro atoms. The summed E-state index contributed by atoms with van der Waals surface area (Å²) in [6.07, 6.45) is 8.71. The molecule has 34 heavy (non-hydrogen) atoms. The average Bonchev–Trinajstić information content (AvgIpc) is 3.54. The van der Waals surface area contributed by atoms with Gasteiger partial charge in [0.25, 0.3) is 0 Å². The van der Waals surface area contributed by atoms with Crippen LogP contribution in [-0.2, 0) is 11.3 Å². The molecular weight excluding hydrogens is 428 g/mol. The van der Waals surface area contributed by atoms with Gasteiger partial charge < -0.3 is 19.6 Å². The molecule has 4 heterocycles. The molecular formula is C26H26N6O2. The molecule has 8 nitrogen and oxygen atoms in total. The zero-order chi connectivity index (χ0) is 22.9. The number of rotatable bonds is 6. The molecule has 1 saturated heterocycles. The second kappa shape index (κ2) is 8.98. The van der Waals surface area contributed by atoms with Gasteiger partial charge in [-0.05, 0) is 47.7 Å². The van der Waals surface area contributed by atoms with Crippen molar-refractivity contribution in [2.45, 2.75) is 31.7 Å². The maximum absolute atomic E-state index is 10.6. The van der Waals surface area contributed by atoms with Crippen LogP contribution in [0.4, 0.5) is 11.5 Å². The Balaban J connectivity index is 1.23. The van der Waals surface area contributed by atoms with Gasteiger partial charge in [0.2, 0.25) is 0 Å². The highest BCUT2D eigenvalue weighted by Gasteiger charge is 2.18. The van der Waals surface area contributed by atoms with Crippen molar-refractivity contribution in [2.24, 2.45) is 4.99 Å². The monoisotopic (exact) mass is 454 g/mol. The second-order valence-corrected chi connectivity index (χ2v) is 8.72. The Labute approximate surface area is 197 Å². The average molecular weight is 455 g/mol. The van der Waals surface area contributed by atoms with Crippen LogP contribution in [0.5, 0.6) is 0 Å². The van der Waals surface area contributed by atoms with E-state index in [2.05, 4.69) is 38.8 Å². The van der Waals surface area contributed by atoms with E-state index in [4.69, 9.17) is 9.72 Å². The van der Waals surface area contributed by atoms with Gasteiger partial charge >= 0.3 is 0 Å².